The van der Waals surface area contributed by atoms with Crippen LogP contribution < -0.4 is 16.4 Å². The number of hydrazone groups is 1. The molecule has 4 N–H and O–H groups in total. The number of urea groups is 1. The lowest BCUT2D eigenvalue weighted by molar-refractivity contribution is 0.165. The number of amidine groups is 1. The molecule has 0 saturated carbocycles. The van der Waals surface area contributed by atoms with Crippen LogP contribution in [-0.4, -0.2) is 72.7 Å². The second kappa shape index (κ2) is 13.6. The highest BCUT2D eigenvalue weighted by atomic mass is 16.2. The number of nitrogens with one attached hydrogen (secondary N) is 2. The zero-order valence-corrected chi connectivity index (χ0v) is 23.0. The van der Waals surface area contributed by atoms with Crippen LogP contribution in [0.25, 0.3) is 0 Å². The Balaban J connectivity index is 0.000000519. The number of benzene rings is 2. The van der Waals surface area contributed by atoms with E-state index in [-0.39, 0.29) is 24.2 Å². The molecular formula is C30H38N8O. The molecule has 39 heavy (non-hydrogen) atoms. The van der Waals surface area contributed by atoms with E-state index >= 15 is 0 Å². The molecule has 2 aromatic carbocycles. The van der Waals surface area contributed by atoms with E-state index in [4.69, 9.17) is 10.8 Å². The van der Waals surface area contributed by atoms with Crippen LogP contribution in [0.4, 0.5) is 10.5 Å². The lowest BCUT2D eigenvalue weighted by atomic mass is 9.98. The Morgan fingerprint density at radius 2 is 1.95 bits per heavy atom. The van der Waals surface area contributed by atoms with Crippen LogP contribution in [-0.2, 0) is 0 Å². The maximum atomic E-state index is 12.4. The van der Waals surface area contributed by atoms with Gasteiger partial charge in [-0.3, -0.25) is 5.01 Å². The summed E-state index contributed by atoms with van der Waals surface area (Å²) < 4.78 is 0. The van der Waals surface area contributed by atoms with Gasteiger partial charge in [-0.1, -0.05) is 61.7 Å². The molecule has 2 aromatic rings. The van der Waals surface area contributed by atoms with Crippen molar-refractivity contribution in [2.24, 2.45) is 26.7 Å². The molecule has 2 amide bonds. The summed E-state index contributed by atoms with van der Waals surface area (Å²) in [4.78, 5) is 22.9. The van der Waals surface area contributed by atoms with Gasteiger partial charge in [0.05, 0.1) is 6.04 Å². The Kier molecular flexibility index (Phi) is 9.70. The summed E-state index contributed by atoms with van der Waals surface area (Å²) in [5.74, 6) is 6.73. The summed E-state index contributed by atoms with van der Waals surface area (Å²) in [7, 11) is 1.80. The Bertz CT molecular complexity index is 1240. The number of unbranched alkanes of at least 4 members (excludes halogenated alkanes) is 1. The molecule has 3 aliphatic rings. The minimum absolute atomic E-state index is 0.126. The summed E-state index contributed by atoms with van der Waals surface area (Å²) in [6, 6.07) is 17.9. The molecule has 0 spiro atoms. The van der Waals surface area contributed by atoms with Crippen molar-refractivity contribution in [2.75, 3.05) is 32.0 Å². The monoisotopic (exact) mass is 526 g/mol. The predicted molar refractivity (Wildman–Crippen MR) is 159 cm³/mol. The van der Waals surface area contributed by atoms with Crippen molar-refractivity contribution in [3.8, 4) is 11.8 Å². The van der Waals surface area contributed by atoms with Gasteiger partial charge in [-0.2, -0.15) is 5.10 Å². The smallest absolute Gasteiger partial charge is 0.321 e. The van der Waals surface area contributed by atoms with Gasteiger partial charge < -0.3 is 21.3 Å². The average Bonchev–Trinajstić information content (AvgIpc) is 3.62. The zero-order valence-electron chi connectivity index (χ0n) is 23.0. The number of fused-ring (bicyclic) bond motifs is 1. The van der Waals surface area contributed by atoms with E-state index in [2.05, 4.69) is 39.4 Å². The highest BCUT2D eigenvalue weighted by Gasteiger charge is 2.43. The van der Waals surface area contributed by atoms with E-state index in [0.29, 0.717) is 17.2 Å². The molecule has 5 rings (SSSR count). The molecule has 3 aliphatic heterocycles. The highest BCUT2D eigenvalue weighted by molar-refractivity contribution is 6.17. The van der Waals surface area contributed by atoms with E-state index in [1.54, 1.807) is 11.9 Å². The van der Waals surface area contributed by atoms with Crippen LogP contribution in [0.5, 0.6) is 0 Å². The van der Waals surface area contributed by atoms with Gasteiger partial charge in [0.15, 0.2) is 6.17 Å². The van der Waals surface area contributed by atoms with Gasteiger partial charge >= 0.3 is 6.03 Å². The Labute approximate surface area is 231 Å². The average molecular weight is 527 g/mol. The number of nitrogens with two attached hydrogens (primary N) is 1. The number of rotatable bonds is 5. The summed E-state index contributed by atoms with van der Waals surface area (Å²) in [6.07, 6.45) is 4.35. The first-order valence-corrected chi connectivity index (χ1v) is 13.5. The van der Waals surface area contributed by atoms with E-state index in [1.807, 2.05) is 66.5 Å². The van der Waals surface area contributed by atoms with Crippen molar-refractivity contribution in [3.63, 3.8) is 0 Å². The number of carbonyl (C=O) groups excluding carboxylic acids is 1. The van der Waals surface area contributed by atoms with Gasteiger partial charge in [0.1, 0.15) is 23.8 Å². The topological polar surface area (TPSA) is 111 Å². The summed E-state index contributed by atoms with van der Waals surface area (Å²) in [5.41, 5.74) is 9.48. The number of amides is 2. The van der Waals surface area contributed by atoms with Gasteiger partial charge in [-0.25, -0.2) is 14.8 Å². The third-order valence-corrected chi connectivity index (χ3v) is 6.91. The second-order valence-electron chi connectivity index (χ2n) is 9.86. The molecule has 3 atom stereocenters. The van der Waals surface area contributed by atoms with Gasteiger partial charge in [0.2, 0.25) is 0 Å². The molecule has 9 heteroatoms. The molecule has 3 heterocycles. The van der Waals surface area contributed by atoms with Crippen molar-refractivity contribution < 1.29 is 4.79 Å². The van der Waals surface area contributed by atoms with Crippen LogP contribution in [0.15, 0.2) is 69.7 Å². The summed E-state index contributed by atoms with van der Waals surface area (Å²) in [6.45, 7) is 6.67. The van der Waals surface area contributed by atoms with Crippen LogP contribution >= 0.6 is 0 Å². The third kappa shape index (κ3) is 7.24. The van der Waals surface area contributed by atoms with Gasteiger partial charge in [-0.15, -0.1) is 0 Å². The Morgan fingerprint density at radius 1 is 1.21 bits per heavy atom. The molecule has 0 radical (unpaired) electrons. The number of anilines is 1. The van der Waals surface area contributed by atoms with Crippen molar-refractivity contribution in [1.82, 2.24) is 15.2 Å². The number of hydrogen-bond acceptors (Lipinski definition) is 7. The van der Waals surface area contributed by atoms with Crippen LogP contribution in [0, 0.1) is 24.7 Å². The van der Waals surface area contributed by atoms with Gasteiger partial charge in [0, 0.05) is 31.4 Å². The summed E-state index contributed by atoms with van der Waals surface area (Å²) >= 11 is 0. The molecule has 3 unspecified atom stereocenters. The van der Waals surface area contributed by atoms with Crippen molar-refractivity contribution in [1.29, 1.82) is 0 Å². The second-order valence-corrected chi connectivity index (χ2v) is 9.86. The lowest BCUT2D eigenvalue weighted by Gasteiger charge is -2.29. The first-order valence-electron chi connectivity index (χ1n) is 13.5. The number of aliphatic imine (C=N–C) groups is 2. The number of carbonyl (C=O) groups is 1. The fraction of sp³-hybridized carbons (Fsp3) is 0.400. The first kappa shape index (κ1) is 27.9. The normalized spacial score (nSPS) is 21.0. The number of nitrogens with zero attached hydrogens (tertiary/aromatic N) is 5. The Morgan fingerprint density at radius 3 is 2.62 bits per heavy atom. The fourth-order valence-corrected chi connectivity index (χ4v) is 4.57. The molecule has 0 bridgehead atoms. The van der Waals surface area contributed by atoms with Crippen molar-refractivity contribution >= 4 is 29.6 Å². The van der Waals surface area contributed by atoms with Gasteiger partial charge in [-0.05, 0) is 49.9 Å². The van der Waals surface area contributed by atoms with E-state index in [9.17, 15) is 4.79 Å². The molecule has 204 valence electrons. The summed E-state index contributed by atoms with van der Waals surface area (Å²) in [5, 5.41) is 13.2. The molecular weight excluding hydrogens is 488 g/mol. The standard InChI is InChI=1S/C24H32N8O.C6H6/c1-4-5-12-31(3)24(33)29-18-8-6-16(2)17(13-18)7-9-20-21-22(25)27-15-28-23(21)32(30-20)19-10-11-26-14-19;1-2-4-6-5-3-1/h6,8,13,15,19,21,23,26H,4-5,10-12,14H2,1-3H3,(H,29,33)(H2,25,27,28);1-6H. The van der Waals surface area contributed by atoms with Crippen molar-refractivity contribution in [2.45, 2.75) is 45.3 Å². The lowest BCUT2D eigenvalue weighted by Crippen LogP contribution is -2.45. The molecule has 0 aromatic heterocycles. The SMILES string of the molecule is CCCCN(C)C(=O)Nc1ccc(C)c(C#CC2=NN(C3CCNC3)C3N=CN=C(N)C23)c1.c1ccccc1. The van der Waals surface area contributed by atoms with E-state index < -0.39 is 0 Å². The van der Waals surface area contributed by atoms with Crippen LogP contribution in [0.2, 0.25) is 0 Å². The molecule has 9 nitrogen and oxygen atoms in total. The largest absolute Gasteiger partial charge is 0.386 e. The zero-order chi connectivity index (χ0) is 27.6. The van der Waals surface area contributed by atoms with Crippen LogP contribution in [0.1, 0.15) is 37.3 Å². The maximum Gasteiger partial charge on any atom is 0.321 e. The highest BCUT2D eigenvalue weighted by Crippen LogP contribution is 2.29. The van der Waals surface area contributed by atoms with E-state index in [0.717, 1.165) is 50.0 Å². The Hall–Kier alpha value is -4.16. The quantitative estimate of drug-likeness (QED) is 0.516. The minimum atomic E-state index is -0.237. The molecule has 1 saturated heterocycles. The minimum Gasteiger partial charge on any atom is -0.386 e. The third-order valence-electron chi connectivity index (χ3n) is 6.91. The van der Waals surface area contributed by atoms with Gasteiger partial charge in [0.25, 0.3) is 0 Å². The predicted octanol–water partition coefficient (Wildman–Crippen LogP) is 3.67. The van der Waals surface area contributed by atoms with E-state index in [1.165, 1.54) is 6.34 Å². The molecule has 1 fully saturated rings. The number of hydrogen-bond donors (Lipinski definition) is 3. The maximum absolute atomic E-state index is 12.4. The van der Waals surface area contributed by atoms with Crippen LogP contribution in [0.3, 0.4) is 0 Å². The first-order chi connectivity index (χ1) is 19.0. The van der Waals surface area contributed by atoms with Crippen molar-refractivity contribution in [3.05, 3.63) is 65.7 Å². The molecule has 0 aliphatic carbocycles. The fourth-order valence-electron chi connectivity index (χ4n) is 4.57. The number of aryl methyl sites for hydroxylation is 1.